The molecule has 0 spiro atoms. The SMILES string of the molecule is NNCCC[C@H](N)C(=O)O. The van der Waals surface area contributed by atoms with Crippen LogP contribution in [0, 0.1) is 0 Å². The third kappa shape index (κ3) is 4.25. The summed E-state index contributed by atoms with van der Waals surface area (Å²) < 4.78 is 0. The molecular weight excluding hydrogens is 134 g/mol. The molecule has 0 aromatic heterocycles. The summed E-state index contributed by atoms with van der Waals surface area (Å²) in [6, 6.07) is -0.756. The monoisotopic (exact) mass is 147 g/mol. The molecule has 0 saturated heterocycles. The van der Waals surface area contributed by atoms with Crippen LogP contribution in [0.25, 0.3) is 0 Å². The van der Waals surface area contributed by atoms with E-state index in [1.54, 1.807) is 0 Å². The summed E-state index contributed by atoms with van der Waals surface area (Å²) in [5.41, 5.74) is 7.60. The van der Waals surface area contributed by atoms with Crippen LogP contribution >= 0.6 is 0 Å². The summed E-state index contributed by atoms with van der Waals surface area (Å²) in [6.45, 7) is 0.598. The molecule has 0 aromatic carbocycles. The maximum Gasteiger partial charge on any atom is 0.320 e. The lowest BCUT2D eigenvalue weighted by atomic mass is 10.2. The Balaban J connectivity index is 3.21. The van der Waals surface area contributed by atoms with E-state index in [0.717, 1.165) is 0 Å². The second-order valence-corrected chi connectivity index (χ2v) is 2.04. The van der Waals surface area contributed by atoms with Crippen molar-refractivity contribution in [3.05, 3.63) is 0 Å². The molecule has 0 aliphatic rings. The summed E-state index contributed by atoms with van der Waals surface area (Å²) in [4.78, 5) is 10.1. The smallest absolute Gasteiger partial charge is 0.320 e. The normalized spacial score (nSPS) is 13.0. The van der Waals surface area contributed by atoms with Crippen molar-refractivity contribution >= 4 is 5.97 Å². The van der Waals surface area contributed by atoms with Crippen LogP contribution in [0.3, 0.4) is 0 Å². The summed E-state index contributed by atoms with van der Waals surface area (Å²) in [6.07, 6.45) is 1.14. The van der Waals surface area contributed by atoms with Gasteiger partial charge in [0, 0.05) is 6.54 Å². The number of hydrazine groups is 1. The molecule has 0 heterocycles. The van der Waals surface area contributed by atoms with E-state index in [4.69, 9.17) is 16.7 Å². The predicted molar refractivity (Wildman–Crippen MR) is 37.0 cm³/mol. The molecule has 10 heavy (non-hydrogen) atoms. The summed E-state index contributed by atoms with van der Waals surface area (Å²) in [5, 5.41) is 8.30. The van der Waals surface area contributed by atoms with Gasteiger partial charge in [-0.1, -0.05) is 0 Å². The molecule has 1 atom stereocenters. The van der Waals surface area contributed by atoms with Crippen molar-refractivity contribution in [3.8, 4) is 0 Å². The molecule has 0 saturated carbocycles. The van der Waals surface area contributed by atoms with Crippen molar-refractivity contribution in [3.63, 3.8) is 0 Å². The number of hydrogen-bond donors (Lipinski definition) is 4. The van der Waals surface area contributed by atoms with Crippen LogP contribution in [0.5, 0.6) is 0 Å². The lowest BCUT2D eigenvalue weighted by molar-refractivity contribution is -0.138. The fraction of sp³-hybridized carbons (Fsp3) is 0.800. The molecule has 60 valence electrons. The number of hydrogen-bond acceptors (Lipinski definition) is 4. The lowest BCUT2D eigenvalue weighted by Gasteiger charge is -2.04. The van der Waals surface area contributed by atoms with Gasteiger partial charge in [-0.05, 0) is 12.8 Å². The number of nitrogens with two attached hydrogens (primary N) is 2. The Kier molecular flexibility index (Phi) is 4.82. The van der Waals surface area contributed by atoms with E-state index in [9.17, 15) is 4.79 Å². The van der Waals surface area contributed by atoms with E-state index in [1.807, 2.05) is 0 Å². The Morgan fingerprint density at radius 2 is 2.30 bits per heavy atom. The summed E-state index contributed by atoms with van der Waals surface area (Å²) in [5.74, 6) is 3.99. The number of rotatable bonds is 5. The first-order chi connectivity index (χ1) is 4.68. The molecule has 5 heteroatoms. The second kappa shape index (κ2) is 5.16. The quantitative estimate of drug-likeness (QED) is 0.218. The molecule has 0 unspecified atom stereocenters. The number of aliphatic carboxylic acids is 1. The lowest BCUT2D eigenvalue weighted by Crippen LogP contribution is -2.31. The van der Waals surface area contributed by atoms with Crippen molar-refractivity contribution in [2.75, 3.05) is 6.54 Å². The predicted octanol–water partition coefficient (Wildman–Crippen LogP) is -1.36. The largest absolute Gasteiger partial charge is 0.480 e. The topological polar surface area (TPSA) is 101 Å². The Morgan fingerprint density at radius 1 is 1.70 bits per heavy atom. The fourth-order valence-corrected chi connectivity index (χ4v) is 0.548. The van der Waals surface area contributed by atoms with Crippen LogP contribution in [0.4, 0.5) is 0 Å². The Morgan fingerprint density at radius 3 is 2.70 bits per heavy atom. The molecule has 0 aliphatic carbocycles. The van der Waals surface area contributed by atoms with Gasteiger partial charge in [0.05, 0.1) is 0 Å². The molecule has 5 nitrogen and oxygen atoms in total. The number of carbonyl (C=O) groups is 1. The zero-order chi connectivity index (χ0) is 7.98. The van der Waals surface area contributed by atoms with Gasteiger partial charge in [-0.3, -0.25) is 16.1 Å². The van der Waals surface area contributed by atoms with Crippen LogP contribution < -0.4 is 17.0 Å². The number of carboxylic acid groups (broad SMARTS) is 1. The number of carboxylic acids is 1. The average Bonchev–Trinajstić information content (AvgIpc) is 1.88. The first-order valence-corrected chi connectivity index (χ1v) is 3.10. The molecule has 0 rings (SSSR count). The van der Waals surface area contributed by atoms with E-state index in [2.05, 4.69) is 5.43 Å². The minimum Gasteiger partial charge on any atom is -0.480 e. The zero-order valence-electron chi connectivity index (χ0n) is 5.71. The van der Waals surface area contributed by atoms with Gasteiger partial charge in [-0.2, -0.15) is 0 Å². The standard InChI is InChI=1S/C5H13N3O2/c6-4(5(9)10)2-1-3-8-7/h4,8H,1-3,6-7H2,(H,9,10)/t4-/m0/s1. The van der Waals surface area contributed by atoms with E-state index >= 15 is 0 Å². The summed E-state index contributed by atoms with van der Waals surface area (Å²) >= 11 is 0. The van der Waals surface area contributed by atoms with Crippen molar-refractivity contribution < 1.29 is 9.90 Å². The van der Waals surface area contributed by atoms with Crippen LogP contribution in [-0.2, 0) is 4.79 Å². The molecule has 0 radical (unpaired) electrons. The minimum absolute atomic E-state index is 0.458. The first-order valence-electron chi connectivity index (χ1n) is 3.10. The number of nitrogens with one attached hydrogen (secondary N) is 1. The third-order valence-electron chi connectivity index (χ3n) is 1.15. The van der Waals surface area contributed by atoms with Gasteiger partial charge in [0.15, 0.2) is 0 Å². The van der Waals surface area contributed by atoms with Gasteiger partial charge in [0.25, 0.3) is 0 Å². The third-order valence-corrected chi connectivity index (χ3v) is 1.15. The van der Waals surface area contributed by atoms with E-state index in [1.165, 1.54) is 0 Å². The zero-order valence-corrected chi connectivity index (χ0v) is 5.71. The Bertz CT molecular complexity index is 107. The van der Waals surface area contributed by atoms with Crippen molar-refractivity contribution in [2.45, 2.75) is 18.9 Å². The molecular formula is C5H13N3O2. The van der Waals surface area contributed by atoms with Crippen molar-refractivity contribution in [1.82, 2.24) is 5.43 Å². The highest BCUT2D eigenvalue weighted by molar-refractivity contribution is 5.72. The fourth-order valence-electron chi connectivity index (χ4n) is 0.548. The van der Waals surface area contributed by atoms with E-state index in [0.29, 0.717) is 19.4 Å². The molecule has 0 aromatic rings. The van der Waals surface area contributed by atoms with Crippen LogP contribution in [0.1, 0.15) is 12.8 Å². The molecule has 0 amide bonds. The molecule has 0 fully saturated rings. The van der Waals surface area contributed by atoms with E-state index in [-0.39, 0.29) is 0 Å². The maximum atomic E-state index is 10.1. The molecule has 0 aliphatic heterocycles. The van der Waals surface area contributed by atoms with Crippen LogP contribution in [-0.4, -0.2) is 23.7 Å². The first kappa shape index (κ1) is 9.35. The van der Waals surface area contributed by atoms with Crippen LogP contribution in [0.2, 0.25) is 0 Å². The van der Waals surface area contributed by atoms with Crippen molar-refractivity contribution in [1.29, 1.82) is 0 Å². The maximum absolute atomic E-state index is 10.1. The summed E-state index contributed by atoms with van der Waals surface area (Å²) in [7, 11) is 0. The highest BCUT2D eigenvalue weighted by atomic mass is 16.4. The highest BCUT2D eigenvalue weighted by Gasteiger charge is 2.09. The van der Waals surface area contributed by atoms with Gasteiger partial charge in [0.2, 0.25) is 0 Å². The minimum atomic E-state index is -0.961. The van der Waals surface area contributed by atoms with Crippen molar-refractivity contribution in [2.24, 2.45) is 11.6 Å². The second-order valence-electron chi connectivity index (χ2n) is 2.04. The Labute approximate surface area is 59.4 Å². The van der Waals surface area contributed by atoms with Gasteiger partial charge in [-0.15, -0.1) is 0 Å². The Hall–Kier alpha value is -0.650. The van der Waals surface area contributed by atoms with Gasteiger partial charge >= 0.3 is 5.97 Å². The van der Waals surface area contributed by atoms with Gasteiger partial charge < -0.3 is 10.8 Å². The molecule has 0 bridgehead atoms. The van der Waals surface area contributed by atoms with Gasteiger partial charge in [0.1, 0.15) is 6.04 Å². The van der Waals surface area contributed by atoms with Gasteiger partial charge in [-0.25, -0.2) is 0 Å². The highest BCUT2D eigenvalue weighted by Crippen LogP contribution is 1.91. The van der Waals surface area contributed by atoms with E-state index < -0.39 is 12.0 Å². The molecule has 6 N–H and O–H groups in total. The van der Waals surface area contributed by atoms with Crippen LogP contribution in [0.15, 0.2) is 0 Å². The average molecular weight is 147 g/mol.